The summed E-state index contributed by atoms with van der Waals surface area (Å²) in [7, 11) is 5.61. The summed E-state index contributed by atoms with van der Waals surface area (Å²) in [5.74, 6) is 2.35. The summed E-state index contributed by atoms with van der Waals surface area (Å²) in [4.78, 5) is 15.6. The van der Waals surface area contributed by atoms with Gasteiger partial charge in [-0.1, -0.05) is 6.07 Å². The molecule has 2 aromatic heterocycles. The fraction of sp³-hybridized carbons (Fsp3) is 0.235. The van der Waals surface area contributed by atoms with Gasteiger partial charge in [-0.3, -0.25) is 4.98 Å². The van der Waals surface area contributed by atoms with Crippen molar-refractivity contribution in [2.24, 2.45) is 0 Å². The average molecular weight is 294 g/mol. The van der Waals surface area contributed by atoms with Crippen molar-refractivity contribution in [2.45, 2.75) is 6.92 Å². The molecule has 0 fully saturated rings. The third kappa shape index (κ3) is 2.35. The van der Waals surface area contributed by atoms with Crippen molar-refractivity contribution >= 4 is 16.7 Å². The van der Waals surface area contributed by atoms with Gasteiger partial charge >= 0.3 is 0 Å². The zero-order valence-electron chi connectivity index (χ0n) is 13.2. The van der Waals surface area contributed by atoms with Crippen molar-refractivity contribution in [1.29, 1.82) is 0 Å². The molecule has 3 rings (SSSR count). The monoisotopic (exact) mass is 294 g/mol. The zero-order chi connectivity index (χ0) is 15.7. The number of methoxy groups -OCH3 is 1. The molecule has 112 valence electrons. The summed E-state index contributed by atoms with van der Waals surface area (Å²) >= 11 is 0. The number of nitrogens with zero attached hydrogens (tertiary/aromatic N) is 4. The number of benzene rings is 1. The molecule has 0 bridgehead atoms. The molecule has 0 aliphatic heterocycles. The van der Waals surface area contributed by atoms with Gasteiger partial charge in [0.1, 0.15) is 17.1 Å². The SMILES string of the molecule is COc1ccc(-c2ncc(C)c(N(C)C)n2)c2cccnc12. The van der Waals surface area contributed by atoms with Crippen LogP contribution in [0.3, 0.4) is 0 Å². The second-order valence-corrected chi connectivity index (χ2v) is 5.31. The predicted molar refractivity (Wildman–Crippen MR) is 88.4 cm³/mol. The lowest BCUT2D eigenvalue weighted by atomic mass is 10.1. The highest BCUT2D eigenvalue weighted by Crippen LogP contribution is 2.32. The number of ether oxygens (including phenoxy) is 1. The molecular weight excluding hydrogens is 276 g/mol. The number of hydrogen-bond donors (Lipinski definition) is 0. The molecule has 5 nitrogen and oxygen atoms in total. The van der Waals surface area contributed by atoms with Gasteiger partial charge in [-0.25, -0.2) is 9.97 Å². The number of fused-ring (bicyclic) bond motifs is 1. The molecule has 3 aromatic rings. The van der Waals surface area contributed by atoms with E-state index in [1.807, 2.05) is 56.4 Å². The van der Waals surface area contributed by atoms with Crippen LogP contribution in [0.4, 0.5) is 5.82 Å². The highest BCUT2D eigenvalue weighted by atomic mass is 16.5. The first-order valence-corrected chi connectivity index (χ1v) is 7.05. The second-order valence-electron chi connectivity index (χ2n) is 5.31. The standard InChI is InChI=1S/C17H18N4O/c1-11-10-19-16(20-17(11)21(2)3)13-7-8-14(22-4)15-12(13)6-5-9-18-15/h5-10H,1-4H3. The Balaban J connectivity index is 2.25. The molecule has 22 heavy (non-hydrogen) atoms. The summed E-state index contributed by atoms with van der Waals surface area (Å²) in [5.41, 5.74) is 2.81. The molecule has 0 N–H and O–H groups in total. The van der Waals surface area contributed by atoms with Crippen molar-refractivity contribution < 1.29 is 4.74 Å². The highest BCUT2D eigenvalue weighted by Gasteiger charge is 2.13. The van der Waals surface area contributed by atoms with Crippen LogP contribution < -0.4 is 9.64 Å². The van der Waals surface area contributed by atoms with Crippen molar-refractivity contribution in [3.63, 3.8) is 0 Å². The first-order valence-electron chi connectivity index (χ1n) is 7.05. The Hall–Kier alpha value is -2.69. The van der Waals surface area contributed by atoms with Crippen LogP contribution in [0, 0.1) is 6.92 Å². The lowest BCUT2D eigenvalue weighted by molar-refractivity contribution is 0.419. The molecule has 0 unspecified atom stereocenters. The molecule has 0 atom stereocenters. The van der Waals surface area contributed by atoms with Gasteiger partial charge in [-0.15, -0.1) is 0 Å². The van der Waals surface area contributed by atoms with Crippen molar-refractivity contribution in [1.82, 2.24) is 15.0 Å². The first kappa shape index (κ1) is 14.3. The number of aromatic nitrogens is 3. The fourth-order valence-electron chi connectivity index (χ4n) is 2.52. The van der Waals surface area contributed by atoms with E-state index in [9.17, 15) is 0 Å². The number of rotatable bonds is 3. The summed E-state index contributed by atoms with van der Waals surface area (Å²) in [6, 6.07) is 7.81. The van der Waals surface area contributed by atoms with Gasteiger partial charge in [0, 0.05) is 43.0 Å². The summed E-state index contributed by atoms with van der Waals surface area (Å²) < 4.78 is 5.39. The first-order chi connectivity index (χ1) is 10.6. The molecule has 0 saturated heterocycles. The van der Waals surface area contributed by atoms with Gasteiger partial charge < -0.3 is 9.64 Å². The van der Waals surface area contributed by atoms with E-state index in [0.717, 1.165) is 33.6 Å². The Kier molecular flexibility index (Phi) is 3.63. The van der Waals surface area contributed by atoms with Gasteiger partial charge in [0.15, 0.2) is 5.82 Å². The van der Waals surface area contributed by atoms with Crippen LogP contribution in [0.25, 0.3) is 22.3 Å². The van der Waals surface area contributed by atoms with E-state index in [-0.39, 0.29) is 0 Å². The lowest BCUT2D eigenvalue weighted by Crippen LogP contribution is -2.13. The maximum absolute atomic E-state index is 5.39. The lowest BCUT2D eigenvalue weighted by Gasteiger charge is -2.15. The van der Waals surface area contributed by atoms with Crippen LogP contribution in [0.5, 0.6) is 5.75 Å². The van der Waals surface area contributed by atoms with Crippen LogP contribution in [0.15, 0.2) is 36.7 Å². The van der Waals surface area contributed by atoms with Gasteiger partial charge in [-0.2, -0.15) is 0 Å². The van der Waals surface area contributed by atoms with Crippen molar-refractivity contribution in [2.75, 3.05) is 26.1 Å². The fourth-order valence-corrected chi connectivity index (χ4v) is 2.52. The number of pyridine rings is 1. The minimum Gasteiger partial charge on any atom is -0.494 e. The van der Waals surface area contributed by atoms with Crippen LogP contribution in [-0.2, 0) is 0 Å². The van der Waals surface area contributed by atoms with E-state index in [1.54, 1.807) is 13.3 Å². The van der Waals surface area contributed by atoms with E-state index in [1.165, 1.54) is 0 Å². The Morgan fingerprint density at radius 1 is 1.09 bits per heavy atom. The number of aryl methyl sites for hydroxylation is 1. The maximum Gasteiger partial charge on any atom is 0.162 e. The van der Waals surface area contributed by atoms with Gasteiger partial charge in [-0.05, 0) is 25.1 Å². The van der Waals surface area contributed by atoms with Crippen molar-refractivity contribution in [3.8, 4) is 17.1 Å². The van der Waals surface area contributed by atoms with Crippen LogP contribution in [0.1, 0.15) is 5.56 Å². The second kappa shape index (κ2) is 5.60. The molecule has 0 saturated carbocycles. The average Bonchev–Trinajstić information content (AvgIpc) is 2.54. The van der Waals surface area contributed by atoms with E-state index in [4.69, 9.17) is 9.72 Å². The minimum atomic E-state index is 0.690. The maximum atomic E-state index is 5.39. The summed E-state index contributed by atoms with van der Waals surface area (Å²) in [6.07, 6.45) is 3.61. The van der Waals surface area contributed by atoms with Crippen LogP contribution in [-0.4, -0.2) is 36.2 Å². The van der Waals surface area contributed by atoms with Crippen LogP contribution >= 0.6 is 0 Å². The molecule has 0 aliphatic rings. The zero-order valence-corrected chi connectivity index (χ0v) is 13.2. The largest absolute Gasteiger partial charge is 0.494 e. The predicted octanol–water partition coefficient (Wildman–Crippen LogP) is 3.07. The molecular formula is C17H18N4O. The van der Waals surface area contributed by atoms with Gasteiger partial charge in [0.05, 0.1) is 7.11 Å². The molecule has 2 heterocycles. The summed E-state index contributed by atoms with van der Waals surface area (Å²) in [5, 5.41) is 0.982. The van der Waals surface area contributed by atoms with Crippen LogP contribution in [0.2, 0.25) is 0 Å². The third-order valence-electron chi connectivity index (χ3n) is 3.56. The molecule has 0 amide bonds. The van der Waals surface area contributed by atoms with Gasteiger partial charge in [0.25, 0.3) is 0 Å². The molecule has 5 heteroatoms. The molecule has 0 spiro atoms. The molecule has 0 aliphatic carbocycles. The van der Waals surface area contributed by atoms with E-state index < -0.39 is 0 Å². The normalized spacial score (nSPS) is 10.7. The Labute approximate surface area is 129 Å². The van der Waals surface area contributed by atoms with Crippen molar-refractivity contribution in [3.05, 3.63) is 42.2 Å². The summed E-state index contributed by atoms with van der Waals surface area (Å²) in [6.45, 7) is 2.01. The minimum absolute atomic E-state index is 0.690. The highest BCUT2D eigenvalue weighted by molar-refractivity contribution is 5.96. The molecule has 1 aromatic carbocycles. The third-order valence-corrected chi connectivity index (χ3v) is 3.56. The quantitative estimate of drug-likeness (QED) is 0.743. The number of anilines is 1. The van der Waals surface area contributed by atoms with E-state index in [0.29, 0.717) is 5.82 Å². The van der Waals surface area contributed by atoms with E-state index in [2.05, 4.69) is 9.97 Å². The van der Waals surface area contributed by atoms with Gasteiger partial charge in [0.2, 0.25) is 0 Å². The van der Waals surface area contributed by atoms with E-state index >= 15 is 0 Å². The number of hydrogen-bond acceptors (Lipinski definition) is 5. The Morgan fingerprint density at radius 2 is 1.91 bits per heavy atom. The smallest absolute Gasteiger partial charge is 0.162 e. The molecule has 0 radical (unpaired) electrons. The Morgan fingerprint density at radius 3 is 2.64 bits per heavy atom. The topological polar surface area (TPSA) is 51.1 Å². The Bertz CT molecular complexity index is 830.